The predicted octanol–water partition coefficient (Wildman–Crippen LogP) is 3.32. The van der Waals surface area contributed by atoms with E-state index in [-0.39, 0.29) is 17.8 Å². The van der Waals surface area contributed by atoms with Crippen LogP contribution >= 0.6 is 0 Å². The van der Waals surface area contributed by atoms with Crippen molar-refractivity contribution < 1.29 is 18.8 Å². The van der Waals surface area contributed by atoms with E-state index in [2.05, 4.69) is 21.3 Å². The molecule has 0 saturated heterocycles. The van der Waals surface area contributed by atoms with Crippen LogP contribution in [0.3, 0.4) is 0 Å². The molecule has 0 heterocycles. The van der Waals surface area contributed by atoms with Gasteiger partial charge in [-0.1, -0.05) is 0 Å². The topological polar surface area (TPSA) is 99.3 Å². The van der Waals surface area contributed by atoms with E-state index in [1.54, 1.807) is 24.3 Å². The van der Waals surface area contributed by atoms with Gasteiger partial charge in [0.25, 0.3) is 5.91 Å². The van der Waals surface area contributed by atoms with Gasteiger partial charge in [0.05, 0.1) is 5.69 Å². The Hall–Kier alpha value is -3.42. The molecule has 1 aliphatic rings. The van der Waals surface area contributed by atoms with Crippen molar-refractivity contribution in [3.63, 3.8) is 0 Å². The Morgan fingerprint density at radius 1 is 0.926 bits per heavy atom. The van der Waals surface area contributed by atoms with Crippen molar-refractivity contribution in [2.75, 3.05) is 16.0 Å². The minimum absolute atomic E-state index is 0.0125. The number of hydrogen-bond donors (Lipinski definition) is 4. The molecule has 0 aliphatic heterocycles. The standard InChI is InChI=1S/C19H19FN4O3/c1-11(25)21-17-10-15(8-9-16(17)20)22-18(26)12-2-4-13(5-3-12)23-19(27)24-14-6-7-14/h2-5,8-10,14H,6-7H2,1H3,(H,21,25)(H,22,26)(H2,23,24,27). The van der Waals surface area contributed by atoms with Gasteiger partial charge in [0.15, 0.2) is 0 Å². The van der Waals surface area contributed by atoms with Crippen LogP contribution in [0, 0.1) is 5.82 Å². The van der Waals surface area contributed by atoms with Crippen molar-refractivity contribution >= 4 is 34.9 Å². The number of halogens is 1. The molecular formula is C19H19FN4O3. The van der Waals surface area contributed by atoms with Gasteiger partial charge in [0.2, 0.25) is 5.91 Å². The second kappa shape index (κ2) is 7.86. The molecule has 1 saturated carbocycles. The van der Waals surface area contributed by atoms with Crippen LogP contribution in [0.1, 0.15) is 30.1 Å². The van der Waals surface area contributed by atoms with Gasteiger partial charge < -0.3 is 21.3 Å². The fourth-order valence-corrected chi connectivity index (χ4v) is 2.38. The summed E-state index contributed by atoms with van der Waals surface area (Å²) in [5.41, 5.74) is 1.27. The van der Waals surface area contributed by atoms with Crippen LogP contribution in [0.25, 0.3) is 0 Å². The van der Waals surface area contributed by atoms with Crippen molar-refractivity contribution in [1.29, 1.82) is 0 Å². The van der Waals surface area contributed by atoms with Crippen LogP contribution in [0.2, 0.25) is 0 Å². The van der Waals surface area contributed by atoms with Gasteiger partial charge in [-0.05, 0) is 55.3 Å². The van der Waals surface area contributed by atoms with Gasteiger partial charge >= 0.3 is 6.03 Å². The molecule has 0 aromatic heterocycles. The van der Waals surface area contributed by atoms with E-state index >= 15 is 0 Å². The zero-order chi connectivity index (χ0) is 19.4. The van der Waals surface area contributed by atoms with Gasteiger partial charge in [-0.2, -0.15) is 0 Å². The quantitative estimate of drug-likeness (QED) is 0.650. The summed E-state index contributed by atoms with van der Waals surface area (Å²) in [6.45, 7) is 1.27. The first-order chi connectivity index (χ1) is 12.9. The highest BCUT2D eigenvalue weighted by atomic mass is 19.1. The second-order valence-corrected chi connectivity index (χ2v) is 6.28. The Labute approximate surface area is 155 Å². The zero-order valence-corrected chi connectivity index (χ0v) is 14.6. The van der Waals surface area contributed by atoms with Gasteiger partial charge in [-0.3, -0.25) is 9.59 Å². The number of benzene rings is 2. The number of anilines is 3. The molecule has 4 amide bonds. The average molecular weight is 370 g/mol. The van der Waals surface area contributed by atoms with Gasteiger partial charge in [-0.25, -0.2) is 9.18 Å². The molecule has 1 fully saturated rings. The normalized spacial score (nSPS) is 12.8. The predicted molar refractivity (Wildman–Crippen MR) is 100 cm³/mol. The number of carbonyl (C=O) groups excluding carboxylic acids is 3. The smallest absolute Gasteiger partial charge is 0.319 e. The summed E-state index contributed by atoms with van der Waals surface area (Å²) in [5.74, 6) is -1.40. The highest BCUT2D eigenvalue weighted by Crippen LogP contribution is 2.21. The Bertz CT molecular complexity index is 879. The molecule has 1 aliphatic carbocycles. The molecule has 0 unspecified atom stereocenters. The van der Waals surface area contributed by atoms with E-state index < -0.39 is 17.6 Å². The Morgan fingerprint density at radius 2 is 1.59 bits per heavy atom. The maximum Gasteiger partial charge on any atom is 0.319 e. The van der Waals surface area contributed by atoms with Gasteiger partial charge in [0, 0.05) is 29.9 Å². The van der Waals surface area contributed by atoms with Crippen molar-refractivity contribution in [3.8, 4) is 0 Å². The molecule has 2 aromatic rings. The molecular weight excluding hydrogens is 351 g/mol. The van der Waals surface area contributed by atoms with E-state index in [1.807, 2.05) is 0 Å². The molecule has 0 spiro atoms. The maximum absolute atomic E-state index is 13.7. The molecule has 0 radical (unpaired) electrons. The Kier molecular flexibility index (Phi) is 5.35. The molecule has 7 nitrogen and oxygen atoms in total. The van der Waals surface area contributed by atoms with Gasteiger partial charge in [0.1, 0.15) is 5.82 Å². The third-order valence-corrected chi connectivity index (χ3v) is 3.85. The molecule has 8 heteroatoms. The summed E-state index contributed by atoms with van der Waals surface area (Å²) in [6, 6.07) is 10.3. The fraction of sp³-hybridized carbons (Fsp3) is 0.211. The number of nitrogens with one attached hydrogen (secondary N) is 4. The first kappa shape index (κ1) is 18.4. The van der Waals surface area contributed by atoms with E-state index in [0.717, 1.165) is 18.9 Å². The van der Waals surface area contributed by atoms with Crippen LogP contribution in [0.5, 0.6) is 0 Å². The van der Waals surface area contributed by atoms with E-state index in [0.29, 0.717) is 16.9 Å². The lowest BCUT2D eigenvalue weighted by Gasteiger charge is -2.10. The van der Waals surface area contributed by atoms with Gasteiger partial charge in [-0.15, -0.1) is 0 Å². The average Bonchev–Trinajstić information content (AvgIpc) is 3.42. The van der Waals surface area contributed by atoms with E-state index in [9.17, 15) is 18.8 Å². The SMILES string of the molecule is CC(=O)Nc1cc(NC(=O)c2ccc(NC(=O)NC3CC3)cc2)ccc1F. The fourth-order valence-electron chi connectivity index (χ4n) is 2.38. The van der Waals surface area contributed by atoms with Crippen LogP contribution in [0.15, 0.2) is 42.5 Å². The van der Waals surface area contributed by atoms with Crippen molar-refractivity contribution in [3.05, 3.63) is 53.8 Å². The lowest BCUT2D eigenvalue weighted by Crippen LogP contribution is -2.30. The summed E-state index contributed by atoms with van der Waals surface area (Å²) in [4.78, 5) is 35.1. The molecule has 0 atom stereocenters. The van der Waals surface area contributed by atoms with Crippen molar-refractivity contribution in [2.24, 2.45) is 0 Å². The summed E-state index contributed by atoms with van der Waals surface area (Å²) < 4.78 is 13.7. The summed E-state index contributed by atoms with van der Waals surface area (Å²) >= 11 is 0. The van der Waals surface area contributed by atoms with Crippen LogP contribution in [0.4, 0.5) is 26.2 Å². The molecule has 3 rings (SSSR count). The maximum atomic E-state index is 13.7. The highest BCUT2D eigenvalue weighted by Gasteiger charge is 2.23. The monoisotopic (exact) mass is 370 g/mol. The molecule has 27 heavy (non-hydrogen) atoms. The van der Waals surface area contributed by atoms with Crippen molar-refractivity contribution in [1.82, 2.24) is 5.32 Å². The van der Waals surface area contributed by atoms with Crippen molar-refractivity contribution in [2.45, 2.75) is 25.8 Å². The third-order valence-electron chi connectivity index (χ3n) is 3.85. The molecule has 0 bridgehead atoms. The van der Waals surface area contributed by atoms with E-state index in [4.69, 9.17) is 0 Å². The Morgan fingerprint density at radius 3 is 2.22 bits per heavy atom. The molecule has 140 valence electrons. The highest BCUT2D eigenvalue weighted by molar-refractivity contribution is 6.05. The largest absolute Gasteiger partial charge is 0.335 e. The number of urea groups is 1. The number of carbonyl (C=O) groups is 3. The minimum atomic E-state index is -0.594. The zero-order valence-electron chi connectivity index (χ0n) is 14.6. The third kappa shape index (κ3) is 5.27. The Balaban J connectivity index is 1.62. The van der Waals surface area contributed by atoms with Crippen LogP contribution in [-0.2, 0) is 4.79 Å². The number of rotatable bonds is 5. The van der Waals surface area contributed by atoms with Crippen LogP contribution in [-0.4, -0.2) is 23.9 Å². The van der Waals surface area contributed by atoms with E-state index in [1.165, 1.54) is 19.1 Å². The molecule has 2 aromatic carbocycles. The first-order valence-electron chi connectivity index (χ1n) is 8.47. The number of hydrogen-bond acceptors (Lipinski definition) is 3. The molecule has 4 N–H and O–H groups in total. The number of amides is 4. The summed E-state index contributed by atoms with van der Waals surface area (Å²) in [7, 11) is 0. The lowest BCUT2D eigenvalue weighted by molar-refractivity contribution is -0.114. The summed E-state index contributed by atoms with van der Waals surface area (Å²) in [5, 5.41) is 10.5. The van der Waals surface area contributed by atoms with Crippen LogP contribution < -0.4 is 21.3 Å². The first-order valence-corrected chi connectivity index (χ1v) is 8.47. The second-order valence-electron chi connectivity index (χ2n) is 6.28. The summed E-state index contributed by atoms with van der Waals surface area (Å²) in [6.07, 6.45) is 2.00. The minimum Gasteiger partial charge on any atom is -0.335 e. The lowest BCUT2D eigenvalue weighted by atomic mass is 10.2.